The molecule has 2 aromatic carbocycles. The average Bonchev–Trinajstić information content (AvgIpc) is 2.47. The Morgan fingerprint density at radius 1 is 1.05 bits per heavy atom. The summed E-state index contributed by atoms with van der Waals surface area (Å²) >= 11 is 0. The van der Waals surface area contributed by atoms with Crippen LogP contribution < -0.4 is 5.43 Å². The number of para-hydroxylation sites is 2. The van der Waals surface area contributed by atoms with Crippen molar-refractivity contribution in [1.82, 2.24) is 9.97 Å². The second kappa shape index (κ2) is 5.48. The fourth-order valence-electron chi connectivity index (χ4n) is 1.92. The number of benzene rings is 2. The zero-order valence-corrected chi connectivity index (χ0v) is 11.1. The van der Waals surface area contributed by atoms with E-state index in [9.17, 15) is 0 Å². The van der Waals surface area contributed by atoms with Crippen LogP contribution >= 0.6 is 0 Å². The molecule has 98 valence electrons. The summed E-state index contributed by atoms with van der Waals surface area (Å²) in [6, 6.07) is 15.8. The van der Waals surface area contributed by atoms with Gasteiger partial charge in [-0.1, -0.05) is 24.3 Å². The fraction of sp³-hybridized carbons (Fsp3) is 0.0625. The first kappa shape index (κ1) is 12.3. The molecule has 0 bridgehead atoms. The van der Waals surface area contributed by atoms with E-state index in [2.05, 4.69) is 20.5 Å². The van der Waals surface area contributed by atoms with Gasteiger partial charge in [-0.25, -0.2) is 4.98 Å². The largest absolute Gasteiger partial charge is 0.278 e. The van der Waals surface area contributed by atoms with E-state index in [-0.39, 0.29) is 0 Å². The maximum absolute atomic E-state index is 4.47. The summed E-state index contributed by atoms with van der Waals surface area (Å²) in [6.07, 6.45) is 3.38. The topological polar surface area (TPSA) is 50.2 Å². The van der Waals surface area contributed by atoms with Crippen LogP contribution in [0.5, 0.6) is 0 Å². The highest BCUT2D eigenvalue weighted by Gasteiger charge is 1.96. The maximum Gasteiger partial charge on any atom is 0.102 e. The molecule has 4 heteroatoms. The predicted molar refractivity (Wildman–Crippen MR) is 81.9 cm³/mol. The second-order valence-corrected chi connectivity index (χ2v) is 4.52. The van der Waals surface area contributed by atoms with Gasteiger partial charge in [0.25, 0.3) is 0 Å². The summed E-state index contributed by atoms with van der Waals surface area (Å²) in [4.78, 5) is 8.81. The van der Waals surface area contributed by atoms with Crippen molar-refractivity contribution in [3.05, 3.63) is 66.0 Å². The fourth-order valence-corrected chi connectivity index (χ4v) is 1.92. The molecular formula is C16H14N4. The molecule has 0 saturated heterocycles. The van der Waals surface area contributed by atoms with Gasteiger partial charge >= 0.3 is 0 Å². The third-order valence-corrected chi connectivity index (χ3v) is 2.88. The molecule has 0 radical (unpaired) electrons. The number of hydrogen-bond donors (Lipinski definition) is 1. The molecular weight excluding hydrogens is 248 g/mol. The van der Waals surface area contributed by atoms with Gasteiger partial charge in [0.05, 0.1) is 29.1 Å². The first-order chi connectivity index (χ1) is 9.81. The molecule has 0 fully saturated rings. The van der Waals surface area contributed by atoms with Crippen molar-refractivity contribution in [3.8, 4) is 0 Å². The van der Waals surface area contributed by atoms with Gasteiger partial charge in [0, 0.05) is 0 Å². The van der Waals surface area contributed by atoms with Crippen LogP contribution in [0.2, 0.25) is 0 Å². The molecule has 1 heterocycles. The molecule has 3 rings (SSSR count). The van der Waals surface area contributed by atoms with Gasteiger partial charge < -0.3 is 0 Å². The number of aromatic nitrogens is 2. The Bertz CT molecular complexity index is 765. The van der Waals surface area contributed by atoms with Crippen LogP contribution in [0.15, 0.2) is 59.8 Å². The molecule has 0 saturated carbocycles. The zero-order chi connectivity index (χ0) is 13.8. The summed E-state index contributed by atoms with van der Waals surface area (Å²) in [6.45, 7) is 2.05. The third-order valence-electron chi connectivity index (χ3n) is 2.88. The Morgan fingerprint density at radius 3 is 2.75 bits per heavy atom. The van der Waals surface area contributed by atoms with E-state index in [1.54, 1.807) is 12.4 Å². The number of hydrogen-bond acceptors (Lipinski definition) is 4. The van der Waals surface area contributed by atoms with E-state index in [0.717, 1.165) is 22.4 Å². The summed E-state index contributed by atoms with van der Waals surface area (Å²) < 4.78 is 0. The van der Waals surface area contributed by atoms with Crippen LogP contribution in [0.4, 0.5) is 5.69 Å². The lowest BCUT2D eigenvalue weighted by molar-refractivity contribution is 1.26. The van der Waals surface area contributed by atoms with Crippen molar-refractivity contribution in [2.24, 2.45) is 5.10 Å². The van der Waals surface area contributed by atoms with Crippen LogP contribution in [-0.2, 0) is 0 Å². The lowest BCUT2D eigenvalue weighted by Gasteiger charge is -2.01. The maximum atomic E-state index is 4.47. The normalized spacial score (nSPS) is 11.1. The SMILES string of the molecule is Cc1cccc(N/N=C\c2cnc3ccccc3n2)c1. The van der Waals surface area contributed by atoms with Crippen LogP contribution in [0.25, 0.3) is 11.0 Å². The highest BCUT2D eigenvalue weighted by atomic mass is 15.3. The molecule has 0 unspecified atom stereocenters. The molecule has 0 atom stereocenters. The molecule has 0 aliphatic rings. The van der Waals surface area contributed by atoms with Crippen molar-refractivity contribution >= 4 is 22.9 Å². The minimum absolute atomic E-state index is 0.726. The molecule has 4 nitrogen and oxygen atoms in total. The Morgan fingerprint density at radius 2 is 1.90 bits per heavy atom. The number of anilines is 1. The van der Waals surface area contributed by atoms with Gasteiger partial charge in [-0.15, -0.1) is 0 Å². The van der Waals surface area contributed by atoms with Crippen LogP contribution in [0.1, 0.15) is 11.3 Å². The monoisotopic (exact) mass is 262 g/mol. The molecule has 0 amide bonds. The van der Waals surface area contributed by atoms with Crippen molar-refractivity contribution in [2.75, 3.05) is 5.43 Å². The third kappa shape index (κ3) is 2.80. The van der Waals surface area contributed by atoms with E-state index in [0.29, 0.717) is 0 Å². The highest BCUT2D eigenvalue weighted by molar-refractivity contribution is 5.82. The standard InChI is InChI=1S/C16H14N4/c1-12-5-4-6-13(9-12)20-18-11-14-10-17-15-7-2-3-8-16(15)19-14/h2-11,20H,1H3/b18-11-. The summed E-state index contributed by atoms with van der Waals surface area (Å²) in [5.74, 6) is 0. The average molecular weight is 262 g/mol. The lowest BCUT2D eigenvalue weighted by Crippen LogP contribution is -1.94. The minimum Gasteiger partial charge on any atom is -0.278 e. The van der Waals surface area contributed by atoms with Crippen LogP contribution in [0, 0.1) is 6.92 Å². The van der Waals surface area contributed by atoms with Crippen molar-refractivity contribution in [3.63, 3.8) is 0 Å². The van der Waals surface area contributed by atoms with Crippen LogP contribution in [0.3, 0.4) is 0 Å². The molecule has 1 N–H and O–H groups in total. The van der Waals surface area contributed by atoms with Gasteiger partial charge in [0.2, 0.25) is 0 Å². The van der Waals surface area contributed by atoms with E-state index in [4.69, 9.17) is 0 Å². The Kier molecular flexibility index (Phi) is 3.37. The quantitative estimate of drug-likeness (QED) is 0.581. The summed E-state index contributed by atoms with van der Waals surface area (Å²) in [7, 11) is 0. The van der Waals surface area contributed by atoms with Gasteiger partial charge in [0.1, 0.15) is 5.69 Å². The number of rotatable bonds is 3. The highest BCUT2D eigenvalue weighted by Crippen LogP contribution is 2.10. The lowest BCUT2D eigenvalue weighted by atomic mass is 10.2. The number of aryl methyl sites for hydroxylation is 1. The molecule has 3 aromatic rings. The van der Waals surface area contributed by atoms with E-state index >= 15 is 0 Å². The molecule has 0 aliphatic heterocycles. The Balaban J connectivity index is 1.77. The Labute approximate surface area is 117 Å². The molecule has 0 aliphatic carbocycles. The van der Waals surface area contributed by atoms with Gasteiger partial charge in [-0.05, 0) is 36.8 Å². The predicted octanol–water partition coefficient (Wildman–Crippen LogP) is 3.38. The van der Waals surface area contributed by atoms with Gasteiger partial charge in [-0.3, -0.25) is 10.4 Å². The molecule has 0 spiro atoms. The first-order valence-corrected chi connectivity index (χ1v) is 6.39. The molecule has 1 aromatic heterocycles. The number of nitrogens with one attached hydrogen (secondary N) is 1. The zero-order valence-electron chi connectivity index (χ0n) is 11.1. The first-order valence-electron chi connectivity index (χ1n) is 6.39. The van der Waals surface area contributed by atoms with E-state index in [1.807, 2.05) is 55.5 Å². The number of fused-ring (bicyclic) bond motifs is 1. The van der Waals surface area contributed by atoms with Gasteiger partial charge in [-0.2, -0.15) is 5.10 Å². The van der Waals surface area contributed by atoms with E-state index < -0.39 is 0 Å². The van der Waals surface area contributed by atoms with Crippen LogP contribution in [-0.4, -0.2) is 16.2 Å². The number of nitrogens with zero attached hydrogens (tertiary/aromatic N) is 3. The molecule has 20 heavy (non-hydrogen) atoms. The second-order valence-electron chi connectivity index (χ2n) is 4.52. The van der Waals surface area contributed by atoms with Crippen molar-refractivity contribution in [1.29, 1.82) is 0 Å². The smallest absolute Gasteiger partial charge is 0.102 e. The van der Waals surface area contributed by atoms with Crippen molar-refractivity contribution < 1.29 is 0 Å². The summed E-state index contributed by atoms with van der Waals surface area (Å²) in [5.41, 5.74) is 7.61. The number of hydrazone groups is 1. The summed E-state index contributed by atoms with van der Waals surface area (Å²) in [5, 5.41) is 4.18. The van der Waals surface area contributed by atoms with Crippen molar-refractivity contribution in [2.45, 2.75) is 6.92 Å². The minimum atomic E-state index is 0.726. The van der Waals surface area contributed by atoms with E-state index in [1.165, 1.54) is 5.56 Å². The van der Waals surface area contributed by atoms with Gasteiger partial charge in [0.15, 0.2) is 0 Å². The Hall–Kier alpha value is -2.75.